The number of carbonyl (C=O) groups excluding carboxylic acids is 2. The van der Waals surface area contributed by atoms with Gasteiger partial charge in [0.25, 0.3) is 5.91 Å². The van der Waals surface area contributed by atoms with Crippen LogP contribution in [-0.2, 0) is 11.3 Å². The van der Waals surface area contributed by atoms with E-state index in [-0.39, 0.29) is 29.2 Å². The molecule has 154 valence electrons. The molecule has 0 radical (unpaired) electrons. The minimum atomic E-state index is -0.569. The third kappa shape index (κ3) is 4.97. The molecule has 0 spiro atoms. The third-order valence-electron chi connectivity index (χ3n) is 5.77. The van der Waals surface area contributed by atoms with Gasteiger partial charge in [0.1, 0.15) is 5.56 Å². The molecule has 2 saturated carbocycles. The van der Waals surface area contributed by atoms with Crippen LogP contribution in [0.4, 0.5) is 5.82 Å². The number of hydrogen-bond donors (Lipinski definition) is 3. The molecule has 0 saturated heterocycles. The molecule has 4 rings (SSSR count). The van der Waals surface area contributed by atoms with Crippen LogP contribution in [0.15, 0.2) is 30.5 Å². The van der Waals surface area contributed by atoms with Crippen molar-refractivity contribution in [3.8, 4) is 0 Å². The molecule has 4 N–H and O–H groups in total. The SMILES string of the molecule is NC(=O)c1cn(C2CCC(NCc3ccc(Cl)cc3)CC2)nc1NC(=O)C1CC1. The summed E-state index contributed by atoms with van der Waals surface area (Å²) >= 11 is 5.93. The average molecular weight is 416 g/mol. The summed E-state index contributed by atoms with van der Waals surface area (Å²) in [6, 6.07) is 8.53. The number of halogens is 1. The largest absolute Gasteiger partial charge is 0.365 e. The van der Waals surface area contributed by atoms with Crippen molar-refractivity contribution in [1.29, 1.82) is 0 Å². The normalized spacial score (nSPS) is 21.7. The number of hydrogen-bond acceptors (Lipinski definition) is 4. The number of nitrogens with zero attached hydrogens (tertiary/aromatic N) is 2. The first-order chi connectivity index (χ1) is 14.0. The zero-order chi connectivity index (χ0) is 20.4. The molecule has 0 bridgehead atoms. The lowest BCUT2D eigenvalue weighted by molar-refractivity contribution is -0.117. The van der Waals surface area contributed by atoms with Crippen LogP contribution < -0.4 is 16.4 Å². The number of anilines is 1. The van der Waals surface area contributed by atoms with Crippen molar-refractivity contribution < 1.29 is 9.59 Å². The van der Waals surface area contributed by atoms with Gasteiger partial charge in [0, 0.05) is 29.7 Å². The second kappa shape index (κ2) is 8.55. The third-order valence-corrected chi connectivity index (χ3v) is 6.02. The fourth-order valence-corrected chi connectivity index (χ4v) is 3.95. The molecule has 1 heterocycles. The van der Waals surface area contributed by atoms with Gasteiger partial charge in [-0.05, 0) is 56.2 Å². The molecule has 2 fully saturated rings. The first kappa shape index (κ1) is 19.9. The van der Waals surface area contributed by atoms with Crippen LogP contribution in [-0.4, -0.2) is 27.6 Å². The van der Waals surface area contributed by atoms with Gasteiger partial charge in [-0.3, -0.25) is 14.3 Å². The van der Waals surface area contributed by atoms with Crippen molar-refractivity contribution in [3.63, 3.8) is 0 Å². The quantitative estimate of drug-likeness (QED) is 0.645. The van der Waals surface area contributed by atoms with Crippen LogP contribution in [0.2, 0.25) is 5.02 Å². The number of nitrogens with one attached hydrogen (secondary N) is 2. The Morgan fingerprint density at radius 3 is 2.41 bits per heavy atom. The molecule has 0 unspecified atom stereocenters. The van der Waals surface area contributed by atoms with E-state index in [1.807, 2.05) is 24.3 Å². The van der Waals surface area contributed by atoms with Crippen molar-refractivity contribution in [2.75, 3.05) is 5.32 Å². The number of amides is 2. The number of aromatic nitrogens is 2. The molecular weight excluding hydrogens is 390 g/mol. The summed E-state index contributed by atoms with van der Waals surface area (Å²) in [4.78, 5) is 23.8. The summed E-state index contributed by atoms with van der Waals surface area (Å²) in [5.74, 6) is -0.311. The van der Waals surface area contributed by atoms with Crippen LogP contribution in [0.25, 0.3) is 0 Å². The zero-order valence-corrected chi connectivity index (χ0v) is 17.0. The van der Waals surface area contributed by atoms with E-state index in [1.54, 1.807) is 10.9 Å². The lowest BCUT2D eigenvalue weighted by Crippen LogP contribution is -2.33. The lowest BCUT2D eigenvalue weighted by Gasteiger charge is -2.29. The van der Waals surface area contributed by atoms with E-state index in [1.165, 1.54) is 5.56 Å². The maximum atomic E-state index is 12.1. The van der Waals surface area contributed by atoms with Crippen molar-refractivity contribution in [2.45, 2.75) is 57.2 Å². The predicted octanol–water partition coefficient (Wildman–Crippen LogP) is 3.26. The van der Waals surface area contributed by atoms with Crippen LogP contribution in [0, 0.1) is 5.92 Å². The van der Waals surface area contributed by atoms with Crippen LogP contribution >= 0.6 is 11.6 Å². The summed E-state index contributed by atoms with van der Waals surface area (Å²) in [5.41, 5.74) is 6.98. The van der Waals surface area contributed by atoms with E-state index in [2.05, 4.69) is 15.7 Å². The van der Waals surface area contributed by atoms with E-state index in [4.69, 9.17) is 17.3 Å². The maximum Gasteiger partial charge on any atom is 0.254 e. The van der Waals surface area contributed by atoms with Gasteiger partial charge in [-0.1, -0.05) is 23.7 Å². The van der Waals surface area contributed by atoms with Crippen LogP contribution in [0.1, 0.15) is 60.5 Å². The number of rotatable bonds is 7. The lowest BCUT2D eigenvalue weighted by atomic mass is 9.91. The topological polar surface area (TPSA) is 102 Å². The Kier molecular flexibility index (Phi) is 5.87. The predicted molar refractivity (Wildman–Crippen MR) is 112 cm³/mol. The summed E-state index contributed by atoms with van der Waals surface area (Å²) in [7, 11) is 0. The molecule has 0 aliphatic heterocycles. The highest BCUT2D eigenvalue weighted by Gasteiger charge is 2.31. The van der Waals surface area contributed by atoms with Gasteiger partial charge in [0.15, 0.2) is 5.82 Å². The van der Waals surface area contributed by atoms with E-state index in [0.29, 0.717) is 6.04 Å². The first-order valence-electron chi connectivity index (χ1n) is 10.2. The number of carbonyl (C=O) groups is 2. The monoisotopic (exact) mass is 415 g/mol. The number of nitrogens with two attached hydrogens (primary N) is 1. The Balaban J connectivity index is 1.33. The highest BCUT2D eigenvalue weighted by molar-refractivity contribution is 6.30. The molecule has 7 nitrogen and oxygen atoms in total. The molecule has 1 aromatic carbocycles. The smallest absolute Gasteiger partial charge is 0.254 e. The van der Waals surface area contributed by atoms with Crippen molar-refractivity contribution in [2.24, 2.45) is 11.7 Å². The van der Waals surface area contributed by atoms with Crippen LogP contribution in [0.5, 0.6) is 0 Å². The fraction of sp³-hybridized carbons (Fsp3) is 0.476. The van der Waals surface area contributed by atoms with E-state index in [9.17, 15) is 9.59 Å². The van der Waals surface area contributed by atoms with Gasteiger partial charge in [-0.15, -0.1) is 0 Å². The number of benzene rings is 1. The molecular formula is C21H26ClN5O2. The highest BCUT2D eigenvalue weighted by atomic mass is 35.5. The molecule has 2 aliphatic rings. The van der Waals surface area contributed by atoms with Gasteiger partial charge in [0.05, 0.1) is 6.04 Å². The Bertz CT molecular complexity index is 883. The second-order valence-corrected chi connectivity index (χ2v) is 8.45. The Morgan fingerprint density at radius 2 is 1.79 bits per heavy atom. The van der Waals surface area contributed by atoms with Crippen LogP contribution in [0.3, 0.4) is 0 Å². The zero-order valence-electron chi connectivity index (χ0n) is 16.2. The van der Waals surface area contributed by atoms with E-state index in [0.717, 1.165) is 50.1 Å². The van der Waals surface area contributed by atoms with Gasteiger partial charge in [-0.25, -0.2) is 0 Å². The minimum absolute atomic E-state index is 0.0445. The van der Waals surface area contributed by atoms with E-state index < -0.39 is 5.91 Å². The fourth-order valence-electron chi connectivity index (χ4n) is 3.82. The van der Waals surface area contributed by atoms with Gasteiger partial charge in [0.2, 0.25) is 5.91 Å². The van der Waals surface area contributed by atoms with Crippen molar-refractivity contribution in [1.82, 2.24) is 15.1 Å². The molecule has 2 amide bonds. The van der Waals surface area contributed by atoms with Gasteiger partial charge < -0.3 is 16.4 Å². The summed E-state index contributed by atoms with van der Waals surface area (Å²) in [6.45, 7) is 0.817. The first-order valence-corrected chi connectivity index (χ1v) is 10.5. The Morgan fingerprint density at radius 1 is 1.10 bits per heavy atom. The highest BCUT2D eigenvalue weighted by Crippen LogP contribution is 2.32. The van der Waals surface area contributed by atoms with E-state index >= 15 is 0 Å². The summed E-state index contributed by atoms with van der Waals surface area (Å²) in [6.07, 6.45) is 7.41. The van der Waals surface area contributed by atoms with Crippen molar-refractivity contribution in [3.05, 3.63) is 46.6 Å². The van der Waals surface area contributed by atoms with Gasteiger partial charge >= 0.3 is 0 Å². The molecule has 8 heteroatoms. The summed E-state index contributed by atoms with van der Waals surface area (Å²) in [5, 5.41) is 11.6. The second-order valence-electron chi connectivity index (χ2n) is 8.01. The Labute approximate surface area is 175 Å². The summed E-state index contributed by atoms with van der Waals surface area (Å²) < 4.78 is 1.80. The molecule has 29 heavy (non-hydrogen) atoms. The Hall–Kier alpha value is -2.38. The average Bonchev–Trinajstić information content (AvgIpc) is 3.48. The maximum absolute atomic E-state index is 12.1. The van der Waals surface area contributed by atoms with Gasteiger partial charge in [-0.2, -0.15) is 5.10 Å². The van der Waals surface area contributed by atoms with Crippen molar-refractivity contribution >= 4 is 29.2 Å². The molecule has 2 aliphatic carbocycles. The minimum Gasteiger partial charge on any atom is -0.365 e. The number of primary amides is 1. The molecule has 0 atom stereocenters. The standard InChI is InChI=1S/C21H26ClN5O2/c22-15-5-1-13(2-6-15)11-24-16-7-9-17(10-8-16)27-12-18(19(23)28)20(26-27)25-21(29)14-3-4-14/h1-2,5-6,12,14,16-17,24H,3-4,7-11H2,(H2,23,28)(H,25,26,29). The molecule has 1 aromatic heterocycles. The molecule has 2 aromatic rings.